The Bertz CT molecular complexity index is 1260. The summed E-state index contributed by atoms with van der Waals surface area (Å²) in [5.74, 6) is 1.42. The molecule has 4 aromatic rings. The second-order valence-electron chi connectivity index (χ2n) is 8.77. The van der Waals surface area contributed by atoms with E-state index in [1.54, 1.807) is 19.3 Å². The Morgan fingerprint density at radius 2 is 2.00 bits per heavy atom. The van der Waals surface area contributed by atoms with Gasteiger partial charge in [0.25, 0.3) is 0 Å². The molecule has 0 spiro atoms. The fraction of sp³-hybridized carbons (Fsp3) is 0.308. The van der Waals surface area contributed by atoms with Crippen molar-refractivity contribution in [3.63, 3.8) is 0 Å². The number of aromatic nitrogens is 4. The molecule has 34 heavy (non-hydrogen) atoms. The highest BCUT2D eigenvalue weighted by molar-refractivity contribution is 5.80. The van der Waals surface area contributed by atoms with Gasteiger partial charge in [-0.25, -0.2) is 4.98 Å². The van der Waals surface area contributed by atoms with Crippen molar-refractivity contribution < 1.29 is 9.53 Å². The van der Waals surface area contributed by atoms with Crippen molar-refractivity contribution in [1.29, 1.82) is 0 Å². The molecule has 0 unspecified atom stereocenters. The van der Waals surface area contributed by atoms with Crippen LogP contribution in [0.5, 0.6) is 11.6 Å². The van der Waals surface area contributed by atoms with Gasteiger partial charge in [-0.2, -0.15) is 5.10 Å². The zero-order chi connectivity index (χ0) is 23.5. The minimum atomic E-state index is 0.169. The second-order valence-corrected chi connectivity index (χ2v) is 8.77. The molecule has 1 amide bonds. The molecule has 1 aliphatic heterocycles. The summed E-state index contributed by atoms with van der Waals surface area (Å²) < 4.78 is 5.96. The van der Waals surface area contributed by atoms with Crippen LogP contribution in [-0.4, -0.2) is 62.1 Å². The van der Waals surface area contributed by atoms with Crippen LogP contribution < -0.4 is 4.74 Å². The molecule has 0 bridgehead atoms. The summed E-state index contributed by atoms with van der Waals surface area (Å²) in [5.41, 5.74) is 3.84. The molecule has 5 rings (SSSR count). The summed E-state index contributed by atoms with van der Waals surface area (Å²) in [6.07, 6.45) is 5.48. The molecule has 0 radical (unpaired) electrons. The van der Waals surface area contributed by atoms with E-state index < -0.39 is 0 Å². The molecule has 1 saturated heterocycles. The van der Waals surface area contributed by atoms with E-state index in [0.717, 1.165) is 66.1 Å². The van der Waals surface area contributed by atoms with E-state index in [0.29, 0.717) is 11.9 Å². The van der Waals surface area contributed by atoms with Crippen LogP contribution in [0.4, 0.5) is 0 Å². The lowest BCUT2D eigenvalue weighted by molar-refractivity contribution is -0.130. The smallest absolute Gasteiger partial charge is 0.219 e. The first kappa shape index (κ1) is 22.0. The van der Waals surface area contributed by atoms with Crippen molar-refractivity contribution >= 4 is 16.8 Å². The first-order chi connectivity index (χ1) is 16.5. The van der Waals surface area contributed by atoms with Gasteiger partial charge in [0.1, 0.15) is 5.75 Å². The van der Waals surface area contributed by atoms with E-state index in [2.05, 4.69) is 39.3 Å². The Morgan fingerprint density at radius 1 is 1.15 bits per heavy atom. The van der Waals surface area contributed by atoms with E-state index in [1.165, 1.54) is 0 Å². The number of carbonyl (C=O) groups excluding carboxylic acids is 1. The summed E-state index contributed by atoms with van der Waals surface area (Å²) >= 11 is 0. The van der Waals surface area contributed by atoms with Gasteiger partial charge in [0, 0.05) is 62.0 Å². The average Bonchev–Trinajstić information content (AvgIpc) is 3.40. The minimum Gasteiger partial charge on any atom is -0.439 e. The molecule has 0 saturated carbocycles. The largest absolute Gasteiger partial charge is 0.439 e. The van der Waals surface area contributed by atoms with E-state index in [9.17, 15) is 4.79 Å². The predicted molar refractivity (Wildman–Crippen MR) is 130 cm³/mol. The van der Waals surface area contributed by atoms with Crippen molar-refractivity contribution in [2.45, 2.75) is 32.4 Å². The number of nitrogens with one attached hydrogen (secondary N) is 1. The highest BCUT2D eigenvalue weighted by Crippen LogP contribution is 2.26. The Labute approximate surface area is 198 Å². The molecule has 0 atom stereocenters. The van der Waals surface area contributed by atoms with Crippen LogP contribution in [0.15, 0.2) is 60.9 Å². The van der Waals surface area contributed by atoms with Crippen LogP contribution >= 0.6 is 0 Å². The van der Waals surface area contributed by atoms with Crippen molar-refractivity contribution in [2.24, 2.45) is 0 Å². The number of pyridine rings is 2. The standard InChI is InChI=1S/C26H28N6O2/c1-18(33)32-13-10-22(11-14-32)31(2)17-21-5-3-19-15-23(6-7-24(19)29-21)34-26-8-4-20(16-27-26)25-9-12-28-30-25/h3-9,12,15-16,22H,10-11,13-14,17H2,1-2H3,(H,28,30). The molecule has 1 aliphatic rings. The SMILES string of the molecule is CC(=O)N1CCC(N(C)Cc2ccc3cc(Oc4ccc(-c5ccn[nH]5)cn4)ccc3n2)CC1. The van der Waals surface area contributed by atoms with Crippen LogP contribution in [0.2, 0.25) is 0 Å². The summed E-state index contributed by atoms with van der Waals surface area (Å²) in [7, 11) is 2.14. The number of ether oxygens (including phenoxy) is 1. The molecule has 3 aromatic heterocycles. The Morgan fingerprint density at radius 3 is 2.71 bits per heavy atom. The molecule has 1 aromatic carbocycles. The van der Waals surface area contributed by atoms with Gasteiger partial charge in [-0.15, -0.1) is 0 Å². The molecule has 4 heterocycles. The average molecular weight is 457 g/mol. The first-order valence-electron chi connectivity index (χ1n) is 11.5. The third-order valence-corrected chi connectivity index (χ3v) is 6.43. The van der Waals surface area contributed by atoms with Crippen LogP contribution in [0.25, 0.3) is 22.2 Å². The lowest BCUT2D eigenvalue weighted by Gasteiger charge is -2.36. The number of likely N-dealkylation sites (tertiary alicyclic amines) is 1. The summed E-state index contributed by atoms with van der Waals surface area (Å²) in [6, 6.07) is 16.2. The number of benzene rings is 1. The van der Waals surface area contributed by atoms with Crippen LogP contribution in [0.3, 0.4) is 0 Å². The summed E-state index contributed by atoms with van der Waals surface area (Å²) in [6.45, 7) is 4.10. The van der Waals surface area contributed by atoms with Crippen molar-refractivity contribution in [1.82, 2.24) is 30.0 Å². The number of amides is 1. The zero-order valence-corrected chi connectivity index (χ0v) is 19.4. The van der Waals surface area contributed by atoms with Gasteiger partial charge < -0.3 is 9.64 Å². The molecular weight excluding hydrogens is 428 g/mol. The van der Waals surface area contributed by atoms with E-state index in [4.69, 9.17) is 9.72 Å². The fourth-order valence-corrected chi connectivity index (χ4v) is 4.44. The number of rotatable bonds is 6. The topological polar surface area (TPSA) is 87.2 Å². The van der Waals surface area contributed by atoms with Gasteiger partial charge in [0.15, 0.2) is 0 Å². The number of nitrogens with zero attached hydrogens (tertiary/aromatic N) is 5. The van der Waals surface area contributed by atoms with Gasteiger partial charge in [-0.1, -0.05) is 6.07 Å². The fourth-order valence-electron chi connectivity index (χ4n) is 4.44. The number of piperidine rings is 1. The van der Waals surface area contributed by atoms with Crippen molar-refractivity contribution in [3.05, 3.63) is 66.6 Å². The van der Waals surface area contributed by atoms with Gasteiger partial charge in [-0.05, 0) is 56.3 Å². The van der Waals surface area contributed by atoms with Crippen LogP contribution in [0, 0.1) is 0 Å². The lowest BCUT2D eigenvalue weighted by atomic mass is 10.0. The Hall–Kier alpha value is -3.78. The summed E-state index contributed by atoms with van der Waals surface area (Å²) in [5, 5.41) is 7.92. The highest BCUT2D eigenvalue weighted by atomic mass is 16.5. The quantitative estimate of drug-likeness (QED) is 0.467. The van der Waals surface area contributed by atoms with Crippen LogP contribution in [0.1, 0.15) is 25.5 Å². The van der Waals surface area contributed by atoms with E-state index in [1.807, 2.05) is 41.3 Å². The van der Waals surface area contributed by atoms with Gasteiger partial charge in [0.05, 0.1) is 16.9 Å². The highest BCUT2D eigenvalue weighted by Gasteiger charge is 2.23. The number of hydrogen-bond donors (Lipinski definition) is 1. The van der Waals surface area contributed by atoms with Crippen LogP contribution in [-0.2, 0) is 11.3 Å². The van der Waals surface area contributed by atoms with Gasteiger partial charge >= 0.3 is 0 Å². The van der Waals surface area contributed by atoms with Crippen molar-refractivity contribution in [3.8, 4) is 22.9 Å². The third-order valence-electron chi connectivity index (χ3n) is 6.43. The molecule has 1 N–H and O–H groups in total. The zero-order valence-electron chi connectivity index (χ0n) is 19.4. The monoisotopic (exact) mass is 456 g/mol. The molecule has 174 valence electrons. The number of fused-ring (bicyclic) bond motifs is 1. The molecule has 0 aliphatic carbocycles. The maximum absolute atomic E-state index is 11.6. The van der Waals surface area contributed by atoms with Crippen molar-refractivity contribution in [2.75, 3.05) is 20.1 Å². The number of hydrogen-bond acceptors (Lipinski definition) is 6. The molecule has 8 nitrogen and oxygen atoms in total. The van der Waals surface area contributed by atoms with Gasteiger partial charge in [-0.3, -0.25) is 19.8 Å². The van der Waals surface area contributed by atoms with Gasteiger partial charge in [0.2, 0.25) is 11.8 Å². The number of H-pyrrole nitrogens is 1. The number of aromatic amines is 1. The molecule has 8 heteroatoms. The Balaban J connectivity index is 1.22. The summed E-state index contributed by atoms with van der Waals surface area (Å²) in [4.78, 5) is 25.1. The molecular formula is C26H28N6O2. The lowest BCUT2D eigenvalue weighted by Crippen LogP contribution is -2.44. The third kappa shape index (κ3) is 4.92. The first-order valence-corrected chi connectivity index (χ1v) is 11.5. The predicted octanol–water partition coefficient (Wildman–Crippen LogP) is 4.25. The minimum absolute atomic E-state index is 0.169. The maximum atomic E-state index is 11.6. The van der Waals surface area contributed by atoms with E-state index in [-0.39, 0.29) is 5.91 Å². The van der Waals surface area contributed by atoms with E-state index >= 15 is 0 Å². The normalized spacial score (nSPS) is 14.6. The maximum Gasteiger partial charge on any atom is 0.219 e. The Kier molecular flexibility index (Phi) is 6.22. The second kappa shape index (κ2) is 9.61. The number of carbonyl (C=O) groups is 1. The molecule has 1 fully saturated rings.